The molecule has 0 spiro atoms. The quantitative estimate of drug-likeness (QED) is 0.522. The molecule has 0 amide bonds. The smallest absolute Gasteiger partial charge is 0.169 e. The zero-order chi connectivity index (χ0) is 5.98. The van der Waals surface area contributed by atoms with Crippen LogP contribution in [0.15, 0.2) is 12.1 Å². The zero-order valence-electron chi connectivity index (χ0n) is 4.47. The van der Waals surface area contributed by atoms with Gasteiger partial charge in [-0.15, -0.1) is 11.3 Å². The van der Waals surface area contributed by atoms with E-state index in [0.717, 1.165) is 4.88 Å². The number of rotatable bonds is 1. The highest BCUT2D eigenvalue weighted by Crippen LogP contribution is 2.06. The van der Waals surface area contributed by atoms with Crippen molar-refractivity contribution in [3.8, 4) is 0 Å². The van der Waals surface area contributed by atoms with Crippen LogP contribution in [0.5, 0.6) is 0 Å². The maximum absolute atomic E-state index is 10.5. The Balaban J connectivity index is 2.93. The van der Waals surface area contributed by atoms with Gasteiger partial charge in [0.2, 0.25) is 0 Å². The fourth-order valence-corrected chi connectivity index (χ4v) is 0.973. The molecule has 0 saturated heterocycles. The summed E-state index contributed by atoms with van der Waals surface area (Å²) < 4.78 is 0. The molecule has 0 aliphatic carbocycles. The third-order valence-electron chi connectivity index (χ3n) is 0.819. The number of Topliss-reactive ketones (excluding diaryl/α,β-unsaturated/α-hetero) is 1. The Hall–Kier alpha value is -0.630. The predicted octanol–water partition coefficient (Wildman–Crippen LogP) is 1.75. The van der Waals surface area contributed by atoms with Crippen molar-refractivity contribution in [1.82, 2.24) is 0 Å². The van der Waals surface area contributed by atoms with Crippen molar-refractivity contribution >= 4 is 17.1 Å². The molecule has 0 aliphatic heterocycles. The van der Waals surface area contributed by atoms with Gasteiger partial charge in [-0.3, -0.25) is 4.79 Å². The largest absolute Gasteiger partial charge is 0.294 e. The van der Waals surface area contributed by atoms with Gasteiger partial charge in [-0.05, 0) is 19.1 Å². The summed E-state index contributed by atoms with van der Waals surface area (Å²) in [4.78, 5) is 11.3. The van der Waals surface area contributed by atoms with Crippen LogP contribution >= 0.6 is 11.3 Å². The maximum Gasteiger partial charge on any atom is 0.169 e. The molecule has 1 nitrogen and oxygen atoms in total. The summed E-state index contributed by atoms with van der Waals surface area (Å²) >= 11 is 1.36. The number of thiophene rings is 1. The van der Waals surface area contributed by atoms with Crippen LogP contribution in [0.2, 0.25) is 0 Å². The van der Waals surface area contributed by atoms with E-state index in [-0.39, 0.29) is 5.78 Å². The van der Waals surface area contributed by atoms with Crippen molar-refractivity contribution in [2.24, 2.45) is 0 Å². The molecule has 2 heteroatoms. The minimum Gasteiger partial charge on any atom is -0.294 e. The molecule has 1 aromatic rings. The predicted molar refractivity (Wildman–Crippen MR) is 33.2 cm³/mol. The van der Waals surface area contributed by atoms with Crippen molar-refractivity contribution < 1.29 is 4.79 Å². The molecule has 41 valence electrons. The highest BCUT2D eigenvalue weighted by molar-refractivity contribution is 7.11. The maximum atomic E-state index is 10.5. The van der Waals surface area contributed by atoms with Gasteiger partial charge in [0, 0.05) is 5.38 Å². The van der Waals surface area contributed by atoms with Crippen LogP contribution in [0.4, 0.5) is 0 Å². The zero-order valence-corrected chi connectivity index (χ0v) is 5.29. The van der Waals surface area contributed by atoms with Crippen LogP contribution < -0.4 is 0 Å². The Bertz CT molecular complexity index is 176. The average Bonchev–Trinajstić information content (AvgIpc) is 2.12. The summed E-state index contributed by atoms with van der Waals surface area (Å²) in [5.74, 6) is 0.122. The van der Waals surface area contributed by atoms with Gasteiger partial charge in [0.15, 0.2) is 5.78 Å². The Kier molecular flexibility index (Phi) is 1.44. The van der Waals surface area contributed by atoms with E-state index in [4.69, 9.17) is 0 Å². The fraction of sp³-hybridized carbons (Fsp3) is 0.167. The average molecular weight is 125 g/mol. The number of carbonyl (C=O) groups is 1. The van der Waals surface area contributed by atoms with E-state index in [9.17, 15) is 4.79 Å². The van der Waals surface area contributed by atoms with E-state index < -0.39 is 0 Å². The number of ketones is 1. The summed E-state index contributed by atoms with van der Waals surface area (Å²) in [6.45, 7) is 1.56. The Morgan fingerprint density at radius 3 is 2.88 bits per heavy atom. The third-order valence-corrected chi connectivity index (χ3v) is 1.72. The molecule has 0 N–H and O–H groups in total. The van der Waals surface area contributed by atoms with E-state index in [1.807, 2.05) is 0 Å². The second-order valence-electron chi connectivity index (χ2n) is 1.47. The lowest BCUT2D eigenvalue weighted by Gasteiger charge is -1.79. The SMILES string of the molecule is CC(=O)c1cc[c]s1. The molecule has 0 unspecified atom stereocenters. The molecule has 0 saturated carbocycles. The van der Waals surface area contributed by atoms with Crippen LogP contribution in [-0.4, -0.2) is 5.78 Å². The first-order valence-corrected chi connectivity index (χ1v) is 3.09. The molecule has 1 rings (SSSR count). The van der Waals surface area contributed by atoms with Gasteiger partial charge in [0.1, 0.15) is 0 Å². The van der Waals surface area contributed by atoms with Crippen molar-refractivity contribution in [2.75, 3.05) is 0 Å². The second kappa shape index (κ2) is 2.09. The normalized spacial score (nSPS) is 9.12. The Morgan fingerprint density at radius 1 is 1.88 bits per heavy atom. The van der Waals surface area contributed by atoms with Gasteiger partial charge in [-0.25, -0.2) is 0 Å². The molecular formula is C6H5OS. The van der Waals surface area contributed by atoms with Crippen LogP contribution in [0.25, 0.3) is 0 Å². The summed E-state index contributed by atoms with van der Waals surface area (Å²) in [6.07, 6.45) is 0. The van der Waals surface area contributed by atoms with E-state index in [0.29, 0.717) is 0 Å². The van der Waals surface area contributed by atoms with Gasteiger partial charge in [0.05, 0.1) is 4.88 Å². The summed E-state index contributed by atoms with van der Waals surface area (Å²) in [5.41, 5.74) is 0. The lowest BCUT2D eigenvalue weighted by atomic mass is 10.4. The second-order valence-corrected chi connectivity index (χ2v) is 2.35. The van der Waals surface area contributed by atoms with E-state index in [1.165, 1.54) is 11.3 Å². The van der Waals surface area contributed by atoms with E-state index >= 15 is 0 Å². The first-order chi connectivity index (χ1) is 3.80. The lowest BCUT2D eigenvalue weighted by molar-refractivity contribution is 0.102. The minimum absolute atomic E-state index is 0.122. The molecule has 1 aromatic heterocycles. The Morgan fingerprint density at radius 2 is 2.62 bits per heavy atom. The van der Waals surface area contributed by atoms with Gasteiger partial charge >= 0.3 is 0 Å². The number of hydrogen-bond acceptors (Lipinski definition) is 2. The Labute approximate surface area is 52.0 Å². The molecule has 0 bridgehead atoms. The molecule has 8 heavy (non-hydrogen) atoms. The topological polar surface area (TPSA) is 17.1 Å². The van der Waals surface area contributed by atoms with Gasteiger partial charge < -0.3 is 0 Å². The lowest BCUT2D eigenvalue weighted by Crippen LogP contribution is -1.83. The van der Waals surface area contributed by atoms with Gasteiger partial charge in [0.25, 0.3) is 0 Å². The molecule has 1 radical (unpaired) electrons. The molecule has 0 aromatic carbocycles. The standard InChI is InChI=1S/C6H5OS/c1-5(7)6-3-2-4-8-6/h2-3H,1H3. The first-order valence-electron chi connectivity index (χ1n) is 2.27. The highest BCUT2D eigenvalue weighted by atomic mass is 32.1. The van der Waals surface area contributed by atoms with Crippen molar-refractivity contribution in [1.29, 1.82) is 0 Å². The van der Waals surface area contributed by atoms with Crippen LogP contribution in [0.3, 0.4) is 0 Å². The molecular weight excluding hydrogens is 120 g/mol. The number of hydrogen-bond donors (Lipinski definition) is 0. The summed E-state index contributed by atoms with van der Waals surface area (Å²) in [5, 5.41) is 2.83. The van der Waals surface area contributed by atoms with Crippen LogP contribution in [0, 0.1) is 5.38 Å². The molecule has 1 heterocycles. The first kappa shape index (κ1) is 5.51. The van der Waals surface area contributed by atoms with Crippen molar-refractivity contribution in [3.63, 3.8) is 0 Å². The summed E-state index contributed by atoms with van der Waals surface area (Å²) in [7, 11) is 0. The van der Waals surface area contributed by atoms with Crippen LogP contribution in [-0.2, 0) is 0 Å². The van der Waals surface area contributed by atoms with Crippen molar-refractivity contribution in [3.05, 3.63) is 22.4 Å². The molecule has 0 atom stereocenters. The highest BCUT2D eigenvalue weighted by Gasteiger charge is 1.95. The van der Waals surface area contributed by atoms with Gasteiger partial charge in [-0.1, -0.05) is 0 Å². The molecule has 0 fully saturated rings. The third kappa shape index (κ3) is 0.954. The molecule has 0 aliphatic rings. The van der Waals surface area contributed by atoms with Crippen molar-refractivity contribution in [2.45, 2.75) is 6.92 Å². The number of carbonyl (C=O) groups excluding carboxylic acids is 1. The minimum atomic E-state index is 0.122. The van der Waals surface area contributed by atoms with E-state index in [1.54, 1.807) is 19.1 Å². The summed E-state index contributed by atoms with van der Waals surface area (Å²) in [6, 6.07) is 3.52. The monoisotopic (exact) mass is 125 g/mol. The van der Waals surface area contributed by atoms with Crippen LogP contribution in [0.1, 0.15) is 16.6 Å². The fourth-order valence-electron chi connectivity index (χ4n) is 0.430. The van der Waals surface area contributed by atoms with Gasteiger partial charge in [-0.2, -0.15) is 0 Å². The van der Waals surface area contributed by atoms with E-state index in [2.05, 4.69) is 5.38 Å².